The zero-order valence-electron chi connectivity index (χ0n) is 9.86. The first-order chi connectivity index (χ1) is 8.74. The number of amides is 1. The van der Waals surface area contributed by atoms with Gasteiger partial charge >= 0.3 is 0 Å². The second-order valence-electron chi connectivity index (χ2n) is 3.98. The van der Waals surface area contributed by atoms with Crippen LogP contribution in [0, 0.1) is 0 Å². The molecule has 0 fully saturated rings. The normalized spacial score (nSPS) is 10.3. The molecule has 1 amide bonds. The van der Waals surface area contributed by atoms with Gasteiger partial charge in [0.2, 0.25) is 5.91 Å². The van der Waals surface area contributed by atoms with Crippen LogP contribution in [-0.2, 0) is 17.8 Å². The summed E-state index contributed by atoms with van der Waals surface area (Å²) in [7, 11) is 0. The minimum absolute atomic E-state index is 0.0818. The fraction of sp³-hybridized carbons (Fsp3) is 0.214. The molecule has 0 atom stereocenters. The Morgan fingerprint density at radius 1 is 1.22 bits per heavy atom. The third kappa shape index (κ3) is 4.17. The molecule has 1 aromatic carbocycles. The minimum Gasteiger partial charge on any atom is -0.352 e. The summed E-state index contributed by atoms with van der Waals surface area (Å²) in [6.45, 7) is 0.556. The van der Waals surface area contributed by atoms with Gasteiger partial charge in [0, 0.05) is 22.9 Å². The molecule has 2 rings (SSSR count). The van der Waals surface area contributed by atoms with Crippen molar-refractivity contribution in [2.24, 2.45) is 0 Å². The average molecular weight is 280 g/mol. The molecule has 1 heterocycles. The van der Waals surface area contributed by atoms with E-state index in [4.69, 9.17) is 11.6 Å². The van der Waals surface area contributed by atoms with Crippen molar-refractivity contribution in [3.05, 3.63) is 57.2 Å². The summed E-state index contributed by atoms with van der Waals surface area (Å²) in [6.07, 6.45) is 1.35. The molecule has 2 aromatic rings. The van der Waals surface area contributed by atoms with Gasteiger partial charge in [0.05, 0.1) is 0 Å². The first kappa shape index (κ1) is 13.1. The van der Waals surface area contributed by atoms with E-state index in [-0.39, 0.29) is 5.91 Å². The van der Waals surface area contributed by atoms with Gasteiger partial charge in [-0.2, -0.15) is 0 Å². The molecule has 1 aromatic heterocycles. The van der Waals surface area contributed by atoms with Crippen LogP contribution >= 0.6 is 22.9 Å². The van der Waals surface area contributed by atoms with E-state index in [1.165, 1.54) is 4.88 Å². The SMILES string of the molecule is O=C(CCc1cccs1)NCc1ccc(Cl)cc1. The largest absolute Gasteiger partial charge is 0.352 e. The molecule has 4 heteroatoms. The molecule has 0 aliphatic rings. The van der Waals surface area contributed by atoms with Gasteiger partial charge in [-0.1, -0.05) is 29.8 Å². The van der Waals surface area contributed by atoms with Crippen LogP contribution < -0.4 is 5.32 Å². The van der Waals surface area contributed by atoms with E-state index in [0.29, 0.717) is 18.0 Å². The van der Waals surface area contributed by atoms with Gasteiger partial charge in [0.25, 0.3) is 0 Å². The highest BCUT2D eigenvalue weighted by molar-refractivity contribution is 7.09. The lowest BCUT2D eigenvalue weighted by molar-refractivity contribution is -0.121. The standard InChI is InChI=1S/C14H14ClNOS/c15-12-5-3-11(4-6-12)10-16-14(17)8-7-13-2-1-9-18-13/h1-6,9H,7-8,10H2,(H,16,17). The van der Waals surface area contributed by atoms with Crippen LogP contribution in [0.15, 0.2) is 41.8 Å². The first-order valence-corrected chi connectivity index (χ1v) is 7.03. The Kier molecular flexibility index (Phi) is 4.79. The number of aryl methyl sites for hydroxylation is 1. The molecule has 18 heavy (non-hydrogen) atoms. The Morgan fingerprint density at radius 2 is 2.00 bits per heavy atom. The molecular weight excluding hydrogens is 266 g/mol. The van der Waals surface area contributed by atoms with E-state index in [0.717, 1.165) is 12.0 Å². The number of carbonyl (C=O) groups is 1. The van der Waals surface area contributed by atoms with Crippen LogP contribution in [0.5, 0.6) is 0 Å². The quantitative estimate of drug-likeness (QED) is 0.889. The Morgan fingerprint density at radius 3 is 2.67 bits per heavy atom. The maximum Gasteiger partial charge on any atom is 0.220 e. The number of rotatable bonds is 5. The summed E-state index contributed by atoms with van der Waals surface area (Å²) in [4.78, 5) is 12.9. The summed E-state index contributed by atoms with van der Waals surface area (Å²) in [5.41, 5.74) is 1.06. The van der Waals surface area contributed by atoms with Crippen molar-refractivity contribution in [2.45, 2.75) is 19.4 Å². The second-order valence-corrected chi connectivity index (χ2v) is 5.45. The number of hydrogen-bond acceptors (Lipinski definition) is 2. The number of thiophene rings is 1. The molecule has 0 unspecified atom stereocenters. The number of benzene rings is 1. The Hall–Kier alpha value is -1.32. The zero-order chi connectivity index (χ0) is 12.8. The van der Waals surface area contributed by atoms with E-state index in [1.54, 1.807) is 11.3 Å². The molecular formula is C14H14ClNOS. The molecule has 1 N–H and O–H groups in total. The molecule has 0 saturated heterocycles. The van der Waals surface area contributed by atoms with Gasteiger partial charge < -0.3 is 5.32 Å². The maximum absolute atomic E-state index is 11.6. The van der Waals surface area contributed by atoms with E-state index >= 15 is 0 Å². The van der Waals surface area contributed by atoms with Crippen LogP contribution in [0.1, 0.15) is 16.9 Å². The van der Waals surface area contributed by atoms with Crippen molar-refractivity contribution in [3.63, 3.8) is 0 Å². The molecule has 2 nitrogen and oxygen atoms in total. The predicted octanol–water partition coefficient (Wildman–Crippen LogP) is 3.65. The van der Waals surface area contributed by atoms with Gasteiger partial charge in [-0.3, -0.25) is 4.79 Å². The smallest absolute Gasteiger partial charge is 0.220 e. The van der Waals surface area contributed by atoms with Crippen molar-refractivity contribution in [1.29, 1.82) is 0 Å². The van der Waals surface area contributed by atoms with E-state index < -0.39 is 0 Å². The average Bonchev–Trinajstić information content (AvgIpc) is 2.89. The maximum atomic E-state index is 11.6. The van der Waals surface area contributed by atoms with Crippen LogP contribution in [0.3, 0.4) is 0 Å². The van der Waals surface area contributed by atoms with E-state index in [1.807, 2.05) is 35.7 Å². The fourth-order valence-corrected chi connectivity index (χ4v) is 2.42. The van der Waals surface area contributed by atoms with Crippen LogP contribution in [0.2, 0.25) is 5.02 Å². The fourth-order valence-electron chi connectivity index (χ4n) is 1.58. The van der Waals surface area contributed by atoms with Crippen LogP contribution in [-0.4, -0.2) is 5.91 Å². The van der Waals surface area contributed by atoms with Crippen molar-refractivity contribution >= 4 is 28.8 Å². The molecule has 0 bridgehead atoms. The first-order valence-electron chi connectivity index (χ1n) is 5.77. The lowest BCUT2D eigenvalue weighted by Gasteiger charge is -2.05. The Labute approximate surface area is 116 Å². The molecule has 94 valence electrons. The van der Waals surface area contributed by atoms with E-state index in [2.05, 4.69) is 11.4 Å². The topological polar surface area (TPSA) is 29.1 Å². The lowest BCUT2D eigenvalue weighted by Crippen LogP contribution is -2.22. The van der Waals surface area contributed by atoms with Crippen molar-refractivity contribution in [3.8, 4) is 0 Å². The summed E-state index contributed by atoms with van der Waals surface area (Å²) in [5.74, 6) is 0.0818. The summed E-state index contributed by atoms with van der Waals surface area (Å²) in [5, 5.41) is 5.64. The third-order valence-corrected chi connectivity index (χ3v) is 3.77. The molecule has 0 spiro atoms. The number of carbonyl (C=O) groups excluding carboxylic acids is 1. The zero-order valence-corrected chi connectivity index (χ0v) is 11.4. The van der Waals surface area contributed by atoms with Crippen molar-refractivity contribution in [1.82, 2.24) is 5.32 Å². The van der Waals surface area contributed by atoms with Gasteiger partial charge in [0.1, 0.15) is 0 Å². The number of nitrogens with one attached hydrogen (secondary N) is 1. The Bertz CT molecular complexity index is 493. The summed E-state index contributed by atoms with van der Waals surface area (Å²) in [6, 6.07) is 11.6. The highest BCUT2D eigenvalue weighted by Gasteiger charge is 2.02. The lowest BCUT2D eigenvalue weighted by atomic mass is 10.2. The molecule has 0 aliphatic heterocycles. The van der Waals surface area contributed by atoms with Gasteiger partial charge in [0.15, 0.2) is 0 Å². The third-order valence-electron chi connectivity index (χ3n) is 2.58. The van der Waals surface area contributed by atoms with Crippen molar-refractivity contribution in [2.75, 3.05) is 0 Å². The highest BCUT2D eigenvalue weighted by Crippen LogP contribution is 2.11. The summed E-state index contributed by atoms with van der Waals surface area (Å²) >= 11 is 7.48. The Balaban J connectivity index is 1.73. The monoisotopic (exact) mass is 279 g/mol. The van der Waals surface area contributed by atoms with Gasteiger partial charge in [-0.25, -0.2) is 0 Å². The van der Waals surface area contributed by atoms with Gasteiger partial charge in [-0.05, 0) is 35.6 Å². The van der Waals surface area contributed by atoms with Gasteiger partial charge in [-0.15, -0.1) is 11.3 Å². The molecule has 0 radical (unpaired) electrons. The second kappa shape index (κ2) is 6.57. The number of halogens is 1. The number of hydrogen-bond donors (Lipinski definition) is 1. The highest BCUT2D eigenvalue weighted by atomic mass is 35.5. The summed E-state index contributed by atoms with van der Waals surface area (Å²) < 4.78 is 0. The van der Waals surface area contributed by atoms with Crippen molar-refractivity contribution < 1.29 is 4.79 Å². The van der Waals surface area contributed by atoms with Crippen LogP contribution in [0.25, 0.3) is 0 Å². The molecule has 0 saturated carbocycles. The minimum atomic E-state index is 0.0818. The van der Waals surface area contributed by atoms with E-state index in [9.17, 15) is 4.79 Å². The molecule has 0 aliphatic carbocycles. The van der Waals surface area contributed by atoms with Crippen LogP contribution in [0.4, 0.5) is 0 Å². The predicted molar refractivity (Wildman–Crippen MR) is 75.9 cm³/mol.